The number of rotatable bonds is 16. The van der Waals surface area contributed by atoms with E-state index < -0.39 is 83.6 Å². The Morgan fingerprint density at radius 3 is 2.28 bits per heavy atom. The zero-order valence-corrected chi connectivity index (χ0v) is 32.2. The van der Waals surface area contributed by atoms with Crippen LogP contribution in [0, 0.1) is 29.1 Å². The molecule has 8 atom stereocenters. The van der Waals surface area contributed by atoms with Crippen molar-refractivity contribution in [1.82, 2.24) is 31.1 Å². The highest BCUT2D eigenvalue weighted by molar-refractivity contribution is 5.94. The number of carbonyl (C=O) groups is 5. The maximum Gasteiger partial charge on any atom is 0.253 e. The zero-order chi connectivity index (χ0) is 38.7. The van der Waals surface area contributed by atoms with Crippen molar-refractivity contribution in [2.75, 3.05) is 13.6 Å². The smallest absolute Gasteiger partial charge is 0.253 e. The highest BCUT2D eigenvalue weighted by Crippen LogP contribution is 2.51. The molecule has 1 saturated heterocycles. The van der Waals surface area contributed by atoms with Crippen LogP contribution in [0.4, 0.5) is 8.78 Å². The highest BCUT2D eigenvalue weighted by Gasteiger charge is 2.61. The van der Waals surface area contributed by atoms with Crippen molar-refractivity contribution >= 4 is 29.4 Å². The first-order chi connectivity index (χ1) is 25.0. The van der Waals surface area contributed by atoms with Crippen LogP contribution in [-0.2, 0) is 24.0 Å². The summed E-state index contributed by atoms with van der Waals surface area (Å²) in [5.74, 6) is -7.62. The first-order valence-electron chi connectivity index (χ1n) is 20.0. The lowest BCUT2D eigenvalue weighted by atomic mass is 9.76. The number of ketones is 1. The van der Waals surface area contributed by atoms with Gasteiger partial charge in [0.05, 0.1) is 6.04 Å². The van der Waals surface area contributed by atoms with Crippen molar-refractivity contribution in [3.05, 3.63) is 12.4 Å². The number of carbonyl (C=O) groups excluding carboxylic acids is 5. The predicted octanol–water partition coefficient (Wildman–Crippen LogP) is 3.58. The fourth-order valence-corrected chi connectivity index (χ4v) is 9.00. The lowest BCUT2D eigenvalue weighted by Gasteiger charge is -2.38. The topological polar surface area (TPSA) is 160 Å². The van der Waals surface area contributed by atoms with E-state index in [0.717, 1.165) is 44.9 Å². The monoisotopic (exact) mass is 748 g/mol. The molecule has 0 bridgehead atoms. The number of nitrogens with zero attached hydrogens (tertiary/aromatic N) is 2. The Morgan fingerprint density at radius 1 is 0.981 bits per heavy atom. The number of hydrogen-bond acceptors (Lipinski definition) is 8. The van der Waals surface area contributed by atoms with Gasteiger partial charge in [-0.3, -0.25) is 24.0 Å². The second-order valence-corrected chi connectivity index (χ2v) is 17.4. The quantitative estimate of drug-likeness (QED) is 0.160. The number of likely N-dealkylation sites (tertiary alicyclic amines) is 1. The molecule has 5 N–H and O–H groups in total. The van der Waals surface area contributed by atoms with Gasteiger partial charge in [-0.05, 0) is 68.6 Å². The third-order valence-electron chi connectivity index (χ3n) is 12.2. The number of amides is 4. The number of aliphatic hydroxyl groups is 1. The van der Waals surface area contributed by atoms with Gasteiger partial charge in [0.1, 0.15) is 12.1 Å². The minimum absolute atomic E-state index is 0.00177. The van der Waals surface area contributed by atoms with Gasteiger partial charge >= 0.3 is 0 Å². The Kier molecular flexibility index (Phi) is 13.1. The van der Waals surface area contributed by atoms with E-state index in [-0.39, 0.29) is 43.0 Å². The van der Waals surface area contributed by atoms with Gasteiger partial charge in [0.25, 0.3) is 11.8 Å². The number of nitrogens with one attached hydrogen (secondary N) is 4. The summed E-state index contributed by atoms with van der Waals surface area (Å²) >= 11 is 0. The first-order valence-corrected chi connectivity index (χ1v) is 20.0. The van der Waals surface area contributed by atoms with Crippen LogP contribution in [0.1, 0.15) is 118 Å². The minimum Gasteiger partial charge on any atom is -0.381 e. The molecule has 14 heteroatoms. The van der Waals surface area contributed by atoms with Crippen LogP contribution in [0.2, 0.25) is 0 Å². The molecule has 3 saturated carbocycles. The zero-order valence-electron chi connectivity index (χ0n) is 32.2. The number of aliphatic hydroxyl groups excluding tert-OH is 1. The van der Waals surface area contributed by atoms with Crippen LogP contribution in [0.5, 0.6) is 0 Å². The third kappa shape index (κ3) is 9.69. The summed E-state index contributed by atoms with van der Waals surface area (Å²) in [6, 6.07) is -3.34. The molecule has 4 amide bonds. The Hall–Kier alpha value is -3.29. The van der Waals surface area contributed by atoms with Gasteiger partial charge in [-0.15, -0.1) is 0 Å². The maximum atomic E-state index is 15.3. The van der Waals surface area contributed by atoms with Crippen molar-refractivity contribution in [1.29, 1.82) is 0 Å². The normalized spacial score (nSPS) is 27.7. The lowest BCUT2D eigenvalue weighted by Crippen LogP contribution is -2.61. The van der Waals surface area contributed by atoms with E-state index in [1.165, 1.54) is 4.90 Å². The van der Waals surface area contributed by atoms with E-state index in [9.17, 15) is 29.1 Å². The molecule has 0 aromatic carbocycles. The predicted molar refractivity (Wildman–Crippen MR) is 195 cm³/mol. The van der Waals surface area contributed by atoms with E-state index in [1.807, 2.05) is 14.0 Å². The molecule has 298 valence electrons. The second kappa shape index (κ2) is 17.0. The Balaban J connectivity index is 1.34. The number of fused-ring (bicyclic) bond motifs is 1. The molecule has 12 nitrogen and oxygen atoms in total. The van der Waals surface area contributed by atoms with E-state index in [4.69, 9.17) is 0 Å². The molecule has 0 aromatic rings. The molecule has 0 radical (unpaired) electrons. The Morgan fingerprint density at radius 2 is 1.68 bits per heavy atom. The number of likely N-dealkylation sites (N-methyl/N-ethyl adjacent to an activating group) is 1. The van der Waals surface area contributed by atoms with Crippen LogP contribution < -0.4 is 21.3 Å². The van der Waals surface area contributed by atoms with Crippen LogP contribution in [-0.4, -0.2) is 100 Å². The maximum absolute atomic E-state index is 15.3. The van der Waals surface area contributed by atoms with Gasteiger partial charge in [0.15, 0.2) is 18.1 Å². The first kappa shape index (κ1) is 40.9. The molecule has 0 aromatic heterocycles. The van der Waals surface area contributed by atoms with E-state index in [0.29, 0.717) is 25.7 Å². The van der Waals surface area contributed by atoms with E-state index >= 15 is 8.78 Å². The molecule has 2 heterocycles. The Bertz CT molecular complexity index is 1380. The van der Waals surface area contributed by atoms with Crippen molar-refractivity contribution in [3.63, 3.8) is 0 Å². The van der Waals surface area contributed by atoms with Crippen molar-refractivity contribution in [2.45, 2.75) is 160 Å². The summed E-state index contributed by atoms with van der Waals surface area (Å²) in [6.07, 6.45) is 9.74. The number of alkyl halides is 2. The molecular formula is C39H62F2N6O6. The number of Topliss-reactive ketones (excluding diaryl/α,β-unsaturated/α-hetero) is 1. The van der Waals surface area contributed by atoms with E-state index in [2.05, 4.69) is 21.3 Å². The molecular weight excluding hydrogens is 686 g/mol. The van der Waals surface area contributed by atoms with Gasteiger partial charge < -0.3 is 36.2 Å². The number of hydrogen-bond donors (Lipinski definition) is 5. The van der Waals surface area contributed by atoms with Crippen LogP contribution in [0.3, 0.4) is 0 Å². The van der Waals surface area contributed by atoms with Gasteiger partial charge in [-0.2, -0.15) is 0 Å². The average molecular weight is 749 g/mol. The van der Waals surface area contributed by atoms with Gasteiger partial charge in [0.2, 0.25) is 17.7 Å². The summed E-state index contributed by atoms with van der Waals surface area (Å²) in [7, 11) is 1.82. The van der Waals surface area contributed by atoms with Crippen molar-refractivity contribution < 1.29 is 37.9 Å². The summed E-state index contributed by atoms with van der Waals surface area (Å²) in [4.78, 5) is 71.8. The number of halogens is 2. The van der Waals surface area contributed by atoms with Crippen LogP contribution in [0.25, 0.3) is 0 Å². The van der Waals surface area contributed by atoms with Crippen LogP contribution in [0.15, 0.2) is 12.4 Å². The summed E-state index contributed by atoms with van der Waals surface area (Å²) in [5.41, 5.74) is -0.839. The van der Waals surface area contributed by atoms with Crippen molar-refractivity contribution in [2.24, 2.45) is 29.1 Å². The van der Waals surface area contributed by atoms with Crippen LogP contribution >= 0.6 is 0 Å². The molecule has 5 rings (SSSR count). The summed E-state index contributed by atoms with van der Waals surface area (Å²) in [6.45, 7) is 6.91. The standard InChI is InChI=1S/C39H62F2N6O6/c1-6-11-28(31(49)36(52)43-24-16-17-24)44-35(51)30-26-18-19-39(40,41)27(26)22-47(30)37(53)32(38(2,3)4)45-34(50)25(23-12-8-7-9-13-23)14-10-15-29(48)33-42-20-21-46(33)5/h20-21,23-28,30-33,42,49H,6-19,22H2,1-5H3,(H,43,52)(H,44,51)(H,45,50)/t25-,26-,27-,28-,30-,31?,32+,33?/m0/s1. The van der Waals surface area contributed by atoms with E-state index in [1.54, 1.807) is 38.1 Å². The van der Waals surface area contributed by atoms with Gasteiger partial charge in [0, 0.05) is 56.7 Å². The summed E-state index contributed by atoms with van der Waals surface area (Å²) in [5, 5.41) is 22.6. The SMILES string of the molecule is CCC[C@H](NC(=O)[C@@H]1[C@H]2CCC(F)(F)[C@H]2CN1C(=O)[C@@H](NC(=O)[C@@H](CCCC(=O)C1NC=CN1C)C1CCCCC1)C(C)(C)C)C(O)C(=O)NC1CC1. The average Bonchev–Trinajstić information content (AvgIpc) is 3.53. The summed E-state index contributed by atoms with van der Waals surface area (Å²) < 4.78 is 30.6. The molecule has 53 heavy (non-hydrogen) atoms. The highest BCUT2D eigenvalue weighted by atomic mass is 19.3. The fraction of sp³-hybridized carbons (Fsp3) is 0.821. The van der Waals surface area contributed by atoms with Gasteiger partial charge in [-0.1, -0.05) is 53.4 Å². The molecule has 4 fully saturated rings. The lowest BCUT2D eigenvalue weighted by molar-refractivity contribution is -0.146. The minimum atomic E-state index is -3.08. The molecule has 0 spiro atoms. The van der Waals surface area contributed by atoms with Gasteiger partial charge in [-0.25, -0.2) is 8.78 Å². The molecule has 2 unspecified atom stereocenters. The largest absolute Gasteiger partial charge is 0.381 e. The van der Waals surface area contributed by atoms with Crippen molar-refractivity contribution in [3.8, 4) is 0 Å². The molecule has 3 aliphatic carbocycles. The second-order valence-electron chi connectivity index (χ2n) is 17.4. The fourth-order valence-electron chi connectivity index (χ4n) is 9.00. The third-order valence-corrected chi connectivity index (χ3v) is 12.2. The Labute approximate surface area is 313 Å². The molecule has 2 aliphatic heterocycles. The molecule has 5 aliphatic rings.